The van der Waals surface area contributed by atoms with Gasteiger partial charge < -0.3 is 25.5 Å². The van der Waals surface area contributed by atoms with Gasteiger partial charge in [-0.2, -0.15) is 0 Å². The van der Waals surface area contributed by atoms with Gasteiger partial charge in [0.15, 0.2) is 0 Å². The normalized spacial score (nSPS) is 14.5. The average Bonchev–Trinajstić information content (AvgIpc) is 3.17. The third-order valence-corrected chi connectivity index (χ3v) is 6.67. The molecule has 1 aromatic heterocycles. The molecule has 0 saturated carbocycles. The molecule has 8 nitrogen and oxygen atoms in total. The maximum absolute atomic E-state index is 12.6. The monoisotopic (exact) mass is 505 g/mol. The maximum Gasteiger partial charge on any atom is 0.263 e. The quantitative estimate of drug-likeness (QED) is 0.375. The number of carbonyl (C=O) groups excluding carboxylic acids is 2. The summed E-state index contributed by atoms with van der Waals surface area (Å²) in [6.07, 6.45) is 4.95. The largest absolute Gasteiger partial charge is 0.506 e. The fraction of sp³-hybridized carbons (Fsp3) is 0.458. The van der Waals surface area contributed by atoms with Crippen LogP contribution in [0.4, 0.5) is 5.69 Å². The highest BCUT2D eigenvalue weighted by Crippen LogP contribution is 2.37. The number of phenolic OH excluding ortho intramolecular Hbond substituents is 1. The molecule has 34 heavy (non-hydrogen) atoms. The zero-order chi connectivity index (χ0) is 25.0. The van der Waals surface area contributed by atoms with Gasteiger partial charge in [-0.15, -0.1) is 11.3 Å². The topological polar surface area (TPSA) is 97.8 Å². The molecule has 2 heterocycles. The number of likely N-dealkylation sites (N-methyl/N-ethyl adjacent to an activating group) is 1. The zero-order valence-electron chi connectivity index (χ0n) is 20.2. The summed E-state index contributed by atoms with van der Waals surface area (Å²) in [7, 11) is 3.88. The molecule has 1 saturated heterocycles. The van der Waals surface area contributed by atoms with Gasteiger partial charge in [0.2, 0.25) is 5.91 Å². The number of carbonyl (C=O) groups is 2. The van der Waals surface area contributed by atoms with Crippen molar-refractivity contribution in [2.45, 2.75) is 38.8 Å². The number of hydrogen-bond donors (Lipinski definition) is 3. The predicted molar refractivity (Wildman–Crippen MR) is 137 cm³/mol. The van der Waals surface area contributed by atoms with E-state index in [1.54, 1.807) is 17.2 Å². The van der Waals surface area contributed by atoms with Crippen LogP contribution >= 0.6 is 22.9 Å². The number of benzene rings is 1. The first-order valence-electron chi connectivity index (χ1n) is 11.1. The third-order valence-electron chi connectivity index (χ3n) is 5.36. The smallest absolute Gasteiger partial charge is 0.263 e. The molecule has 0 radical (unpaired) electrons. The van der Waals surface area contributed by atoms with Crippen molar-refractivity contribution < 1.29 is 14.7 Å². The van der Waals surface area contributed by atoms with Crippen LogP contribution < -0.4 is 10.6 Å². The molecule has 0 unspecified atom stereocenters. The minimum atomic E-state index is -0.201. The number of likely N-dealkylation sites (tertiary alicyclic amines) is 1. The molecule has 184 valence electrons. The van der Waals surface area contributed by atoms with E-state index < -0.39 is 0 Å². The molecule has 1 fully saturated rings. The van der Waals surface area contributed by atoms with Crippen LogP contribution in [0.2, 0.25) is 5.02 Å². The molecule has 10 heteroatoms. The molecule has 3 rings (SSSR count). The molecule has 2 aromatic rings. The highest BCUT2D eigenvalue weighted by atomic mass is 35.5. The Morgan fingerprint density at radius 1 is 1.32 bits per heavy atom. The summed E-state index contributed by atoms with van der Waals surface area (Å²) in [6.45, 7) is 8.23. The highest BCUT2D eigenvalue weighted by molar-refractivity contribution is 7.13. The van der Waals surface area contributed by atoms with Crippen LogP contribution in [0.25, 0.3) is 0 Å². The molecule has 2 amide bonds. The van der Waals surface area contributed by atoms with Crippen LogP contribution in [0.3, 0.4) is 0 Å². The van der Waals surface area contributed by atoms with Gasteiger partial charge in [-0.05, 0) is 31.1 Å². The number of rotatable bonds is 8. The maximum atomic E-state index is 12.6. The van der Waals surface area contributed by atoms with E-state index in [0.29, 0.717) is 46.8 Å². The first-order valence-corrected chi connectivity index (χ1v) is 12.3. The fourth-order valence-electron chi connectivity index (χ4n) is 3.42. The Bertz CT molecular complexity index is 1070. The van der Waals surface area contributed by atoms with Crippen LogP contribution in [-0.2, 0) is 16.8 Å². The lowest BCUT2D eigenvalue weighted by atomic mass is 9.86. The van der Waals surface area contributed by atoms with Crippen molar-refractivity contribution in [3.63, 3.8) is 0 Å². The summed E-state index contributed by atoms with van der Waals surface area (Å²) in [4.78, 5) is 33.2. The first-order chi connectivity index (χ1) is 15.9. The van der Waals surface area contributed by atoms with Gasteiger partial charge in [-0.25, -0.2) is 4.98 Å². The molecular weight excluding hydrogens is 474 g/mol. The second-order valence-electron chi connectivity index (χ2n) is 9.65. The lowest BCUT2D eigenvalue weighted by molar-refractivity contribution is -0.130. The number of hydrogen-bond acceptors (Lipinski definition) is 7. The summed E-state index contributed by atoms with van der Waals surface area (Å²) in [5.41, 5.74) is 1.32. The molecule has 0 atom stereocenters. The molecule has 0 bridgehead atoms. The fourth-order valence-corrected chi connectivity index (χ4v) is 4.62. The Balaban J connectivity index is 1.50. The predicted octanol–water partition coefficient (Wildman–Crippen LogP) is 3.47. The van der Waals surface area contributed by atoms with Gasteiger partial charge in [0.25, 0.3) is 5.91 Å². The van der Waals surface area contributed by atoms with Crippen LogP contribution in [-0.4, -0.2) is 71.5 Å². The summed E-state index contributed by atoms with van der Waals surface area (Å²) >= 11 is 7.58. The van der Waals surface area contributed by atoms with Gasteiger partial charge >= 0.3 is 0 Å². The van der Waals surface area contributed by atoms with Gasteiger partial charge in [0.1, 0.15) is 15.6 Å². The minimum Gasteiger partial charge on any atom is -0.506 e. The summed E-state index contributed by atoms with van der Waals surface area (Å²) < 4.78 is 0. The molecule has 0 aliphatic carbocycles. The SMILES string of the molecule is CN(C)C/C=C/C(=O)N1CC(NC(=O)c2cnc(CNc3cc(C(C)(C)C)c(Cl)cc3O)s2)C1. The van der Waals surface area contributed by atoms with Crippen molar-refractivity contribution in [2.24, 2.45) is 0 Å². The van der Waals surface area contributed by atoms with Gasteiger partial charge in [0.05, 0.1) is 24.5 Å². The molecule has 0 spiro atoms. The van der Waals surface area contributed by atoms with Crippen molar-refractivity contribution in [1.29, 1.82) is 0 Å². The average molecular weight is 506 g/mol. The Morgan fingerprint density at radius 3 is 2.68 bits per heavy atom. The van der Waals surface area contributed by atoms with Crippen molar-refractivity contribution in [3.8, 4) is 5.75 Å². The first kappa shape index (κ1) is 26.0. The van der Waals surface area contributed by atoms with E-state index in [4.69, 9.17) is 11.6 Å². The highest BCUT2D eigenvalue weighted by Gasteiger charge is 2.31. The lowest BCUT2D eigenvalue weighted by Gasteiger charge is -2.38. The number of nitrogens with one attached hydrogen (secondary N) is 2. The van der Waals surface area contributed by atoms with Crippen LogP contribution in [0.15, 0.2) is 30.5 Å². The van der Waals surface area contributed by atoms with Crippen LogP contribution in [0, 0.1) is 0 Å². The van der Waals surface area contributed by atoms with Gasteiger partial charge in [-0.1, -0.05) is 38.4 Å². The number of nitrogens with zero attached hydrogens (tertiary/aromatic N) is 3. The number of aromatic nitrogens is 1. The lowest BCUT2D eigenvalue weighted by Crippen LogP contribution is -2.60. The Labute approximate surface area is 209 Å². The second-order valence-corrected chi connectivity index (χ2v) is 11.2. The Morgan fingerprint density at radius 2 is 2.03 bits per heavy atom. The van der Waals surface area contributed by atoms with Crippen molar-refractivity contribution in [3.05, 3.63) is 51.0 Å². The summed E-state index contributed by atoms with van der Waals surface area (Å²) in [6, 6.07) is 3.32. The van der Waals surface area contributed by atoms with Crippen molar-refractivity contribution in [2.75, 3.05) is 39.0 Å². The van der Waals surface area contributed by atoms with Crippen molar-refractivity contribution in [1.82, 2.24) is 20.1 Å². The van der Waals surface area contributed by atoms with E-state index in [-0.39, 0.29) is 29.0 Å². The van der Waals surface area contributed by atoms with Crippen LogP contribution in [0.5, 0.6) is 5.75 Å². The summed E-state index contributed by atoms with van der Waals surface area (Å²) in [5.74, 6) is -0.180. The number of anilines is 1. The number of thiazole rings is 1. The van der Waals surface area contributed by atoms with E-state index in [9.17, 15) is 14.7 Å². The molecule has 3 N–H and O–H groups in total. The Hall–Kier alpha value is -2.62. The third kappa shape index (κ3) is 6.71. The van der Waals surface area contributed by atoms with Gasteiger partial charge in [-0.3, -0.25) is 9.59 Å². The molecular formula is C24H32ClN5O3S. The van der Waals surface area contributed by atoms with E-state index >= 15 is 0 Å². The van der Waals surface area contributed by atoms with Crippen molar-refractivity contribution >= 4 is 40.4 Å². The van der Waals surface area contributed by atoms with E-state index in [0.717, 1.165) is 5.56 Å². The number of aromatic hydroxyl groups is 1. The van der Waals surface area contributed by atoms with E-state index in [1.807, 2.05) is 31.1 Å². The minimum absolute atomic E-state index is 0.0430. The number of amides is 2. The van der Waals surface area contributed by atoms with E-state index in [2.05, 4.69) is 36.4 Å². The molecule has 1 aliphatic rings. The molecule has 1 aromatic carbocycles. The molecule has 1 aliphatic heterocycles. The number of phenols is 1. The summed E-state index contributed by atoms with van der Waals surface area (Å²) in [5, 5.41) is 17.6. The standard InChI is InChI=1S/C24H32ClN5O3S/c1-24(2,3)16-9-18(19(31)10-17(16)25)26-12-21-27-11-20(34-21)23(33)28-15-13-30(14-15)22(32)7-6-8-29(4)5/h6-7,9-11,15,26,31H,8,12-14H2,1-5H3,(H,28,33)/b7-6+. The van der Waals surface area contributed by atoms with Gasteiger partial charge in [0, 0.05) is 36.8 Å². The van der Waals surface area contributed by atoms with E-state index in [1.165, 1.54) is 17.4 Å². The number of halogens is 1. The second kappa shape index (κ2) is 10.8. The Kier molecular flexibility index (Phi) is 8.22. The zero-order valence-corrected chi connectivity index (χ0v) is 21.8. The van der Waals surface area contributed by atoms with Crippen LogP contribution in [0.1, 0.15) is 41.0 Å².